The van der Waals surface area contributed by atoms with Crippen molar-refractivity contribution in [3.8, 4) is 11.8 Å². The molecule has 35 heavy (non-hydrogen) atoms. The minimum Gasteiger partial charge on any atom is -0.391 e. The Hall–Kier alpha value is -4.03. The largest absolute Gasteiger partial charge is 0.391 e. The number of hydroxylamine groups is 1. The molecular weight excluding hydrogens is 444 g/mol. The average Bonchev–Trinajstić information content (AvgIpc) is 2.87. The molecule has 0 radical (unpaired) electrons. The lowest BCUT2D eigenvalue weighted by molar-refractivity contribution is -0.133. The number of benzene rings is 2. The Labute approximate surface area is 205 Å². The molecule has 2 atom stereocenters. The number of carbonyl (C=O) groups is 2. The van der Waals surface area contributed by atoms with Crippen LogP contribution < -0.4 is 16.1 Å². The van der Waals surface area contributed by atoms with Gasteiger partial charge in [0.1, 0.15) is 6.04 Å². The van der Waals surface area contributed by atoms with Gasteiger partial charge >= 0.3 is 0 Å². The van der Waals surface area contributed by atoms with Gasteiger partial charge in [0.25, 0.3) is 11.8 Å². The number of hydrogen-bond acceptors (Lipinski definition) is 6. The van der Waals surface area contributed by atoms with Gasteiger partial charge in [-0.25, -0.2) is 5.48 Å². The summed E-state index contributed by atoms with van der Waals surface area (Å²) < 4.78 is 0. The SMILES string of the molecule is C.C[C@@H](O)[C@H](NC(=O)c1ccc(C#Cc2ccc(CNCc3cccnc3)cc2)cc1)C(=O)NO. The maximum Gasteiger partial charge on any atom is 0.268 e. The van der Waals surface area contributed by atoms with Crippen molar-refractivity contribution in [3.05, 3.63) is 101 Å². The predicted molar refractivity (Wildman–Crippen MR) is 133 cm³/mol. The van der Waals surface area contributed by atoms with E-state index in [0.29, 0.717) is 5.56 Å². The molecule has 3 aromatic rings. The molecule has 3 rings (SSSR count). The molecule has 1 heterocycles. The minimum atomic E-state index is -1.27. The van der Waals surface area contributed by atoms with Crippen molar-refractivity contribution in [1.29, 1.82) is 0 Å². The fourth-order valence-electron chi connectivity index (χ4n) is 3.11. The number of pyridine rings is 1. The molecule has 5 N–H and O–H groups in total. The van der Waals surface area contributed by atoms with Gasteiger partial charge in [-0.1, -0.05) is 37.5 Å². The maximum absolute atomic E-state index is 12.3. The fraction of sp³-hybridized carbons (Fsp3) is 0.222. The van der Waals surface area contributed by atoms with Gasteiger partial charge in [0.05, 0.1) is 6.10 Å². The number of rotatable bonds is 8. The third kappa shape index (κ3) is 8.36. The van der Waals surface area contributed by atoms with Crippen LogP contribution in [0.15, 0.2) is 73.1 Å². The van der Waals surface area contributed by atoms with Crippen LogP contribution in [0.3, 0.4) is 0 Å². The Morgan fingerprint density at radius 3 is 2.09 bits per heavy atom. The van der Waals surface area contributed by atoms with Crippen molar-refractivity contribution in [1.82, 2.24) is 21.1 Å². The fourth-order valence-corrected chi connectivity index (χ4v) is 3.11. The Morgan fingerprint density at radius 1 is 0.943 bits per heavy atom. The van der Waals surface area contributed by atoms with Gasteiger partial charge in [-0.2, -0.15) is 0 Å². The molecule has 0 unspecified atom stereocenters. The van der Waals surface area contributed by atoms with Gasteiger partial charge in [0, 0.05) is 42.2 Å². The standard InChI is InChI=1S/C26H26N4O4.CH4/c1-18(31)24(26(33)30-34)29-25(32)23-12-10-20(11-13-23)5-4-19-6-8-21(9-7-19)15-28-17-22-3-2-14-27-16-22;/h2-3,6-14,16,18,24,28,31,34H,15,17H2,1H3,(H,29,32)(H,30,33);1H4/t18-,24+;/m1./s1. The van der Waals surface area contributed by atoms with Crippen molar-refractivity contribution in [2.75, 3.05) is 0 Å². The van der Waals surface area contributed by atoms with Crippen LogP contribution in [-0.4, -0.2) is 39.3 Å². The summed E-state index contributed by atoms with van der Waals surface area (Å²) in [5.74, 6) is 4.70. The summed E-state index contributed by atoms with van der Waals surface area (Å²) in [5.41, 5.74) is 5.59. The molecule has 1 aromatic heterocycles. The number of nitrogens with zero attached hydrogens (tertiary/aromatic N) is 1. The molecule has 0 bridgehead atoms. The van der Waals surface area contributed by atoms with Crippen LogP contribution in [0, 0.1) is 11.8 Å². The highest BCUT2D eigenvalue weighted by molar-refractivity contribution is 5.97. The van der Waals surface area contributed by atoms with E-state index in [1.807, 2.05) is 42.6 Å². The normalized spacial score (nSPS) is 11.7. The van der Waals surface area contributed by atoms with E-state index in [4.69, 9.17) is 5.21 Å². The van der Waals surface area contributed by atoms with Crippen molar-refractivity contribution in [3.63, 3.8) is 0 Å². The lowest BCUT2D eigenvalue weighted by Gasteiger charge is -2.19. The van der Waals surface area contributed by atoms with E-state index in [1.165, 1.54) is 12.4 Å². The second-order valence-electron chi connectivity index (χ2n) is 7.66. The molecule has 0 aliphatic rings. The highest BCUT2D eigenvalue weighted by Crippen LogP contribution is 2.07. The van der Waals surface area contributed by atoms with Crippen LogP contribution in [0.5, 0.6) is 0 Å². The summed E-state index contributed by atoms with van der Waals surface area (Å²) in [5, 5.41) is 24.1. The van der Waals surface area contributed by atoms with E-state index in [0.717, 1.165) is 35.3 Å². The van der Waals surface area contributed by atoms with E-state index in [-0.39, 0.29) is 7.43 Å². The number of hydrogen-bond donors (Lipinski definition) is 5. The second kappa shape index (κ2) is 13.6. The van der Waals surface area contributed by atoms with Crippen LogP contribution in [0.1, 0.15) is 47.0 Å². The molecule has 0 saturated carbocycles. The molecule has 0 saturated heterocycles. The van der Waals surface area contributed by atoms with Crippen LogP contribution >= 0.6 is 0 Å². The van der Waals surface area contributed by atoms with Gasteiger partial charge in [-0.15, -0.1) is 0 Å². The van der Waals surface area contributed by atoms with Crippen LogP contribution in [0.25, 0.3) is 0 Å². The summed E-state index contributed by atoms with van der Waals surface area (Å²) >= 11 is 0. The maximum atomic E-state index is 12.3. The quantitative estimate of drug-likeness (QED) is 0.194. The monoisotopic (exact) mass is 474 g/mol. The van der Waals surface area contributed by atoms with E-state index >= 15 is 0 Å². The Kier molecular flexibility index (Phi) is 10.6. The molecule has 2 amide bonds. The van der Waals surface area contributed by atoms with Crippen LogP contribution in [0.2, 0.25) is 0 Å². The van der Waals surface area contributed by atoms with Gasteiger partial charge in [-0.05, 0) is 60.5 Å². The summed E-state index contributed by atoms with van der Waals surface area (Å²) in [4.78, 5) is 28.0. The van der Waals surface area contributed by atoms with Crippen LogP contribution in [-0.2, 0) is 17.9 Å². The van der Waals surface area contributed by atoms with E-state index < -0.39 is 24.0 Å². The van der Waals surface area contributed by atoms with Gasteiger partial charge in [0.2, 0.25) is 0 Å². The summed E-state index contributed by atoms with van der Waals surface area (Å²) in [6.45, 7) is 2.82. The molecule has 0 aliphatic carbocycles. The third-order valence-electron chi connectivity index (χ3n) is 4.99. The lowest BCUT2D eigenvalue weighted by atomic mass is 10.1. The second-order valence-corrected chi connectivity index (χ2v) is 7.66. The number of carbonyl (C=O) groups excluding carboxylic acids is 2. The highest BCUT2D eigenvalue weighted by Gasteiger charge is 2.25. The zero-order valence-electron chi connectivity index (χ0n) is 18.7. The predicted octanol–water partition coefficient (Wildman–Crippen LogP) is 2.39. The number of aromatic nitrogens is 1. The molecule has 0 spiro atoms. The average molecular weight is 475 g/mol. The topological polar surface area (TPSA) is 124 Å². The van der Waals surface area contributed by atoms with Gasteiger partial charge in [-0.3, -0.25) is 19.8 Å². The van der Waals surface area contributed by atoms with Gasteiger partial charge < -0.3 is 15.7 Å². The van der Waals surface area contributed by atoms with Crippen molar-refractivity contribution in [2.45, 2.75) is 39.6 Å². The third-order valence-corrected chi connectivity index (χ3v) is 4.99. The number of aliphatic hydroxyl groups is 1. The summed E-state index contributed by atoms with van der Waals surface area (Å²) in [6.07, 6.45) is 2.42. The minimum absolute atomic E-state index is 0. The molecule has 8 heteroatoms. The molecule has 0 fully saturated rings. The van der Waals surface area contributed by atoms with Crippen LogP contribution in [0.4, 0.5) is 0 Å². The van der Waals surface area contributed by atoms with E-state index in [1.54, 1.807) is 30.5 Å². The van der Waals surface area contributed by atoms with Crippen molar-refractivity contribution >= 4 is 11.8 Å². The first-order chi connectivity index (χ1) is 16.5. The lowest BCUT2D eigenvalue weighted by Crippen LogP contribution is -2.51. The molecule has 182 valence electrons. The van der Waals surface area contributed by atoms with Gasteiger partial charge in [0.15, 0.2) is 0 Å². The number of nitrogens with one attached hydrogen (secondary N) is 3. The Bertz CT molecular complexity index is 1150. The zero-order valence-corrected chi connectivity index (χ0v) is 18.7. The first-order valence-corrected chi connectivity index (χ1v) is 10.7. The molecule has 2 aromatic carbocycles. The smallest absolute Gasteiger partial charge is 0.268 e. The number of aliphatic hydroxyl groups excluding tert-OH is 1. The molecular formula is C27H30N4O4. The zero-order chi connectivity index (χ0) is 24.3. The van der Waals surface area contributed by atoms with E-state index in [2.05, 4.69) is 27.5 Å². The highest BCUT2D eigenvalue weighted by atomic mass is 16.5. The van der Waals surface area contributed by atoms with Crippen molar-refractivity contribution in [2.24, 2.45) is 0 Å². The first-order valence-electron chi connectivity index (χ1n) is 10.7. The Morgan fingerprint density at radius 2 is 1.54 bits per heavy atom. The molecule has 0 aliphatic heterocycles. The number of amides is 2. The van der Waals surface area contributed by atoms with E-state index in [9.17, 15) is 14.7 Å². The summed E-state index contributed by atoms with van der Waals surface area (Å²) in [7, 11) is 0. The summed E-state index contributed by atoms with van der Waals surface area (Å²) in [6, 6.07) is 17.2. The molecule has 8 nitrogen and oxygen atoms in total. The Balaban J connectivity index is 0.00000432. The first kappa shape index (κ1) is 27.2. The van der Waals surface area contributed by atoms with Crippen molar-refractivity contribution < 1.29 is 19.9 Å².